The lowest BCUT2D eigenvalue weighted by atomic mass is 9.68. The van der Waals surface area contributed by atoms with Crippen molar-refractivity contribution in [2.24, 2.45) is 5.41 Å². The van der Waals surface area contributed by atoms with Gasteiger partial charge < -0.3 is 15.4 Å². The zero-order valence-corrected chi connectivity index (χ0v) is 20.3. The first-order chi connectivity index (χ1) is 15.2. The molecule has 0 fully saturated rings. The molecule has 2 aromatic carbocycles. The van der Waals surface area contributed by atoms with E-state index in [0.29, 0.717) is 29.0 Å². The lowest BCUT2D eigenvalue weighted by Gasteiger charge is -2.40. The van der Waals surface area contributed by atoms with E-state index in [9.17, 15) is 9.59 Å². The van der Waals surface area contributed by atoms with Crippen molar-refractivity contribution in [1.29, 1.82) is 0 Å². The number of dihydropyridines is 1. The normalized spacial score (nSPS) is 19.9. The van der Waals surface area contributed by atoms with Gasteiger partial charge in [0, 0.05) is 39.4 Å². The maximum Gasteiger partial charge on any atom is 0.254 e. The predicted molar refractivity (Wildman–Crippen MR) is 129 cm³/mol. The van der Waals surface area contributed by atoms with Gasteiger partial charge in [-0.25, -0.2) is 0 Å². The van der Waals surface area contributed by atoms with Crippen LogP contribution in [0, 0.1) is 5.41 Å². The van der Waals surface area contributed by atoms with Crippen molar-refractivity contribution >= 4 is 33.3 Å². The quantitative estimate of drug-likeness (QED) is 0.571. The summed E-state index contributed by atoms with van der Waals surface area (Å²) in [6, 6.07) is 15.1. The molecular weight excluding hydrogens is 468 g/mol. The molecule has 6 heteroatoms. The molecule has 0 aromatic heterocycles. The van der Waals surface area contributed by atoms with Crippen molar-refractivity contribution in [2.45, 2.75) is 39.5 Å². The molecule has 0 saturated carbocycles. The van der Waals surface area contributed by atoms with Crippen molar-refractivity contribution in [3.63, 3.8) is 0 Å². The molecule has 1 heterocycles. The third-order valence-electron chi connectivity index (χ3n) is 6.06. The molecule has 0 saturated heterocycles. The van der Waals surface area contributed by atoms with E-state index in [2.05, 4.69) is 40.4 Å². The minimum absolute atomic E-state index is 0.0830. The Bertz CT molecular complexity index is 1160. The summed E-state index contributed by atoms with van der Waals surface area (Å²) in [5.41, 5.74) is 4.25. The van der Waals surface area contributed by atoms with Gasteiger partial charge in [-0.05, 0) is 42.5 Å². The van der Waals surface area contributed by atoms with Crippen molar-refractivity contribution in [3.8, 4) is 5.75 Å². The topological polar surface area (TPSA) is 67.4 Å². The number of allylic oxidation sites excluding steroid dienone is 3. The molecule has 2 N–H and O–H groups in total. The molecule has 0 radical (unpaired) electrons. The molecule has 5 nitrogen and oxygen atoms in total. The second-order valence-electron chi connectivity index (χ2n) is 9.11. The van der Waals surface area contributed by atoms with E-state index in [1.807, 2.05) is 43.3 Å². The van der Waals surface area contributed by atoms with E-state index < -0.39 is 5.92 Å². The average molecular weight is 495 g/mol. The van der Waals surface area contributed by atoms with Gasteiger partial charge in [-0.15, -0.1) is 0 Å². The molecule has 0 spiro atoms. The number of halogens is 1. The van der Waals surface area contributed by atoms with Gasteiger partial charge in [0.1, 0.15) is 5.75 Å². The van der Waals surface area contributed by atoms with E-state index in [1.54, 1.807) is 19.2 Å². The first-order valence-electron chi connectivity index (χ1n) is 10.6. The highest BCUT2D eigenvalue weighted by Gasteiger charge is 2.43. The zero-order valence-electron chi connectivity index (χ0n) is 18.7. The number of ether oxygens (including phenoxy) is 1. The Labute approximate surface area is 197 Å². The summed E-state index contributed by atoms with van der Waals surface area (Å²) in [4.78, 5) is 27.0. The van der Waals surface area contributed by atoms with E-state index in [0.717, 1.165) is 27.9 Å². The Balaban J connectivity index is 1.83. The Morgan fingerprint density at radius 2 is 1.81 bits per heavy atom. The maximum absolute atomic E-state index is 13.6. The summed E-state index contributed by atoms with van der Waals surface area (Å²) in [6.45, 7) is 6.11. The van der Waals surface area contributed by atoms with Gasteiger partial charge in [-0.3, -0.25) is 9.59 Å². The number of nitrogens with one attached hydrogen (secondary N) is 2. The number of hydrogen-bond donors (Lipinski definition) is 2. The lowest BCUT2D eigenvalue weighted by Crippen LogP contribution is -2.39. The number of carbonyl (C=O) groups is 2. The average Bonchev–Trinajstić information content (AvgIpc) is 2.72. The molecule has 166 valence electrons. The first kappa shape index (κ1) is 22.3. The van der Waals surface area contributed by atoms with Crippen LogP contribution in [0.5, 0.6) is 5.75 Å². The summed E-state index contributed by atoms with van der Waals surface area (Å²) >= 11 is 3.65. The van der Waals surface area contributed by atoms with Gasteiger partial charge in [0.2, 0.25) is 0 Å². The van der Waals surface area contributed by atoms with E-state index in [1.165, 1.54) is 0 Å². The number of benzene rings is 2. The van der Waals surface area contributed by atoms with Crippen LogP contribution in [0.3, 0.4) is 0 Å². The van der Waals surface area contributed by atoms with Gasteiger partial charge in [-0.1, -0.05) is 60.1 Å². The molecule has 2 aromatic rings. The van der Waals surface area contributed by atoms with Gasteiger partial charge in [0.15, 0.2) is 5.78 Å². The highest BCUT2D eigenvalue weighted by Crippen LogP contribution is 2.48. The molecule has 1 aliphatic carbocycles. The molecule has 1 amide bonds. The molecule has 1 aliphatic heterocycles. The Morgan fingerprint density at radius 1 is 1.12 bits per heavy atom. The van der Waals surface area contributed by atoms with Crippen LogP contribution in [0.1, 0.15) is 45.1 Å². The van der Waals surface area contributed by atoms with Gasteiger partial charge in [0.25, 0.3) is 5.91 Å². The zero-order chi connectivity index (χ0) is 23.0. The number of rotatable bonds is 4. The third-order valence-corrected chi connectivity index (χ3v) is 6.78. The molecule has 32 heavy (non-hydrogen) atoms. The summed E-state index contributed by atoms with van der Waals surface area (Å²) in [5.74, 6) is -0.0557. The van der Waals surface area contributed by atoms with E-state index >= 15 is 0 Å². The smallest absolute Gasteiger partial charge is 0.254 e. The molecule has 1 atom stereocenters. The first-order valence-corrected chi connectivity index (χ1v) is 11.4. The highest BCUT2D eigenvalue weighted by molar-refractivity contribution is 9.10. The van der Waals surface area contributed by atoms with Crippen LogP contribution in [0.15, 0.2) is 75.5 Å². The Hall–Kier alpha value is -2.86. The lowest BCUT2D eigenvalue weighted by molar-refractivity contribution is -0.118. The second-order valence-corrected chi connectivity index (χ2v) is 9.96. The number of methoxy groups -OCH3 is 1. The number of anilines is 1. The van der Waals surface area contributed by atoms with Crippen molar-refractivity contribution in [1.82, 2.24) is 5.32 Å². The van der Waals surface area contributed by atoms with Crippen molar-refractivity contribution < 1.29 is 14.3 Å². The van der Waals surface area contributed by atoms with E-state index in [-0.39, 0.29) is 17.1 Å². The SMILES string of the molecule is COc1ccccc1NC(=O)C1=C(C)NC2=C(C(=O)CC(C)(C)C2)C1c1ccccc1Br. The van der Waals surface area contributed by atoms with Gasteiger partial charge in [-0.2, -0.15) is 0 Å². The number of amides is 1. The largest absolute Gasteiger partial charge is 0.495 e. The monoisotopic (exact) mass is 494 g/mol. The van der Waals surface area contributed by atoms with Crippen LogP contribution in [0.4, 0.5) is 5.69 Å². The Kier molecular flexibility index (Phi) is 5.99. The van der Waals surface area contributed by atoms with Crippen molar-refractivity contribution in [3.05, 3.63) is 81.1 Å². The molecule has 4 rings (SSSR count). The summed E-state index contributed by atoms with van der Waals surface area (Å²) < 4.78 is 6.27. The summed E-state index contributed by atoms with van der Waals surface area (Å²) in [5, 5.41) is 6.40. The summed E-state index contributed by atoms with van der Waals surface area (Å²) in [7, 11) is 1.57. The molecule has 2 aliphatic rings. The highest BCUT2D eigenvalue weighted by atomic mass is 79.9. The Morgan fingerprint density at radius 3 is 2.53 bits per heavy atom. The molecular formula is C26H27BrN2O3. The number of para-hydroxylation sites is 2. The van der Waals surface area contributed by atoms with Crippen molar-refractivity contribution in [2.75, 3.05) is 12.4 Å². The predicted octanol–water partition coefficient (Wildman–Crippen LogP) is 5.70. The number of hydrogen-bond acceptors (Lipinski definition) is 4. The number of Topliss-reactive ketones (excluding diaryl/α,β-unsaturated/α-hetero) is 1. The van der Waals surface area contributed by atoms with Gasteiger partial charge >= 0.3 is 0 Å². The van der Waals surface area contributed by atoms with Crippen LogP contribution in [-0.4, -0.2) is 18.8 Å². The fourth-order valence-electron chi connectivity index (χ4n) is 4.69. The van der Waals surface area contributed by atoms with Gasteiger partial charge in [0.05, 0.1) is 12.8 Å². The van der Waals surface area contributed by atoms with Crippen LogP contribution in [0.25, 0.3) is 0 Å². The number of ketones is 1. The fourth-order valence-corrected chi connectivity index (χ4v) is 5.21. The number of carbonyl (C=O) groups excluding carboxylic acids is 2. The fraction of sp³-hybridized carbons (Fsp3) is 0.308. The molecule has 1 unspecified atom stereocenters. The van der Waals surface area contributed by atoms with Crippen LogP contribution >= 0.6 is 15.9 Å². The minimum atomic E-state index is -0.458. The second kappa shape index (κ2) is 8.58. The summed E-state index contributed by atoms with van der Waals surface area (Å²) in [6.07, 6.45) is 1.21. The van der Waals surface area contributed by atoms with Crippen LogP contribution in [-0.2, 0) is 9.59 Å². The van der Waals surface area contributed by atoms with Crippen LogP contribution in [0.2, 0.25) is 0 Å². The van der Waals surface area contributed by atoms with Crippen LogP contribution < -0.4 is 15.4 Å². The standard InChI is InChI=1S/C26H27BrN2O3/c1-15-22(25(31)29-18-11-7-8-12-21(18)32-4)23(16-9-5-6-10-17(16)27)24-19(28-15)13-26(2,3)14-20(24)30/h5-12,23,28H,13-14H2,1-4H3,(H,29,31). The minimum Gasteiger partial charge on any atom is -0.495 e. The van der Waals surface area contributed by atoms with E-state index in [4.69, 9.17) is 4.74 Å². The maximum atomic E-state index is 13.6. The molecule has 0 bridgehead atoms. The third kappa shape index (κ3) is 4.11.